The molecular weight excluding hydrogens is 194 g/mol. The lowest BCUT2D eigenvalue weighted by Gasteiger charge is -2.11. The number of carbonyl (C=O) groups excluding carboxylic acids is 1. The van der Waals surface area contributed by atoms with E-state index in [1.54, 1.807) is 12.5 Å². The molecule has 0 aliphatic carbocycles. The second-order valence-corrected chi connectivity index (χ2v) is 4.13. The van der Waals surface area contributed by atoms with E-state index in [0.717, 1.165) is 0 Å². The number of amides is 1. The molecule has 0 saturated heterocycles. The van der Waals surface area contributed by atoms with E-state index in [4.69, 9.17) is 5.26 Å². The summed E-state index contributed by atoms with van der Waals surface area (Å²) in [5, 5.41) is 9.14. The topological polar surface area (TPSA) is 65.2 Å². The molecule has 12 heavy (non-hydrogen) atoms. The van der Waals surface area contributed by atoms with Crippen LogP contribution in [0.4, 0.5) is 0 Å². The highest BCUT2D eigenvalue weighted by Crippen LogP contribution is 2.21. The third kappa shape index (κ3) is 1.68. The highest BCUT2D eigenvalue weighted by Gasteiger charge is 2.19. The van der Waals surface area contributed by atoms with Crippen LogP contribution in [0.1, 0.15) is 0 Å². The lowest BCUT2D eigenvalue weighted by molar-refractivity contribution is -0.115. The van der Waals surface area contributed by atoms with Crippen LogP contribution in [0.2, 0.25) is 0 Å². The van der Waals surface area contributed by atoms with Crippen molar-refractivity contribution < 1.29 is 4.79 Å². The van der Waals surface area contributed by atoms with Crippen molar-refractivity contribution in [3.8, 4) is 6.07 Å². The van der Waals surface area contributed by atoms with E-state index in [1.165, 1.54) is 11.8 Å². The molecule has 1 rings (SSSR count). The van der Waals surface area contributed by atoms with Gasteiger partial charge in [-0.2, -0.15) is 9.62 Å². The third-order valence-corrected chi connectivity index (χ3v) is 2.94. The first kappa shape index (κ1) is 9.29. The van der Waals surface area contributed by atoms with Gasteiger partial charge in [0.05, 0.1) is 0 Å². The van der Waals surface area contributed by atoms with Gasteiger partial charge in [0.15, 0.2) is 5.57 Å². The van der Waals surface area contributed by atoms with E-state index >= 15 is 0 Å². The number of nitrogens with zero attached hydrogens (tertiary/aromatic N) is 2. The maximum Gasteiger partial charge on any atom is 0.275 e. The van der Waals surface area contributed by atoms with Gasteiger partial charge in [-0.25, -0.2) is 0 Å². The maximum atomic E-state index is 11.1. The Hall–Kier alpha value is -0.800. The van der Waals surface area contributed by atoms with E-state index in [2.05, 4.69) is 9.08 Å². The Morgan fingerprint density at radius 3 is 2.92 bits per heavy atom. The Morgan fingerprint density at radius 2 is 2.42 bits per heavy atom. The van der Waals surface area contributed by atoms with Crippen LogP contribution < -0.4 is 4.72 Å². The summed E-state index contributed by atoms with van der Waals surface area (Å²) in [6.07, 6.45) is 3.59. The molecule has 0 saturated carbocycles. The molecule has 0 fully saturated rings. The molecule has 1 aliphatic rings. The Bertz CT molecular complexity index is 326. The molecule has 1 atom stereocenters. The number of rotatable bonds is 1. The number of carbonyl (C=O) groups is 1. The fraction of sp³-hybridized carbons (Fsp3) is 0.333. The molecule has 1 aliphatic heterocycles. The summed E-state index contributed by atoms with van der Waals surface area (Å²) in [6.45, 7) is 0. The van der Waals surface area contributed by atoms with Gasteiger partial charge >= 0.3 is 0 Å². The first-order chi connectivity index (χ1) is 5.69. The zero-order valence-corrected chi connectivity index (χ0v) is 8.25. The number of hydrogen-bond donors (Lipinski definition) is 1. The van der Waals surface area contributed by atoms with Gasteiger partial charge in [0.2, 0.25) is 0 Å². The molecule has 0 spiro atoms. The Kier molecular flexibility index (Phi) is 2.89. The van der Waals surface area contributed by atoms with Crippen molar-refractivity contribution in [1.82, 2.24) is 4.72 Å². The van der Waals surface area contributed by atoms with Gasteiger partial charge in [0.1, 0.15) is 11.1 Å². The van der Waals surface area contributed by atoms with Crippen molar-refractivity contribution in [2.24, 2.45) is 4.36 Å². The monoisotopic (exact) mass is 201 g/mol. The average molecular weight is 201 g/mol. The lowest BCUT2D eigenvalue weighted by Crippen LogP contribution is -2.29. The van der Waals surface area contributed by atoms with Gasteiger partial charge in [0, 0.05) is 6.26 Å². The minimum atomic E-state index is -0.477. The Morgan fingerprint density at radius 1 is 1.75 bits per heavy atom. The van der Waals surface area contributed by atoms with Gasteiger partial charge in [-0.15, -0.1) is 11.8 Å². The minimum Gasteiger partial charge on any atom is -0.287 e. The van der Waals surface area contributed by atoms with Crippen molar-refractivity contribution in [2.45, 2.75) is 0 Å². The van der Waals surface area contributed by atoms with Crippen LogP contribution in [0.15, 0.2) is 15.0 Å². The predicted molar refractivity (Wildman–Crippen MR) is 50.0 cm³/mol. The number of nitriles is 1. The second kappa shape index (κ2) is 3.74. The van der Waals surface area contributed by atoms with E-state index in [9.17, 15) is 4.79 Å². The van der Waals surface area contributed by atoms with Gasteiger partial charge in [0.25, 0.3) is 5.91 Å². The third-order valence-electron chi connectivity index (χ3n) is 1.21. The molecule has 4 nitrogen and oxygen atoms in total. The molecule has 64 valence electrons. The fourth-order valence-corrected chi connectivity index (χ4v) is 2.45. The molecule has 1 heterocycles. The number of thioether (sulfide) groups is 1. The number of nitrogens with one attached hydrogen (secondary N) is 1. The average Bonchev–Trinajstić information content (AvgIpc) is 2.03. The van der Waals surface area contributed by atoms with Crippen molar-refractivity contribution >= 4 is 28.5 Å². The smallest absolute Gasteiger partial charge is 0.275 e. The van der Waals surface area contributed by atoms with Crippen LogP contribution >= 0.6 is 11.8 Å². The van der Waals surface area contributed by atoms with Gasteiger partial charge in [-0.3, -0.25) is 9.52 Å². The standard InChI is InChI=1S/C6H7N3OS2/c1-11-6-4(3-7)5(10)8-12(2)9-6/h1-2H3,(H,8,9,10). The first-order valence-corrected chi connectivity index (χ1v) is 5.87. The van der Waals surface area contributed by atoms with Crippen LogP contribution in [-0.2, 0) is 15.7 Å². The Balaban J connectivity index is 3.15. The van der Waals surface area contributed by atoms with Crippen LogP contribution in [0.25, 0.3) is 0 Å². The molecule has 0 aromatic heterocycles. The van der Waals surface area contributed by atoms with E-state index in [1.807, 2.05) is 6.07 Å². The molecule has 0 bridgehead atoms. The normalized spacial score (nSPS) is 22.8. The maximum absolute atomic E-state index is 11.1. The van der Waals surface area contributed by atoms with E-state index in [-0.39, 0.29) is 11.5 Å². The van der Waals surface area contributed by atoms with Crippen LogP contribution in [0.5, 0.6) is 0 Å². The lowest BCUT2D eigenvalue weighted by atomic mass is 10.3. The fourth-order valence-electron chi connectivity index (χ4n) is 0.713. The molecule has 0 aromatic carbocycles. The minimum absolute atomic E-state index is 0.119. The van der Waals surface area contributed by atoms with Crippen molar-refractivity contribution in [3.05, 3.63) is 10.6 Å². The second-order valence-electron chi connectivity index (χ2n) is 2.00. The highest BCUT2D eigenvalue weighted by molar-refractivity contribution is 8.03. The summed E-state index contributed by atoms with van der Waals surface area (Å²) in [4.78, 5) is 11.1. The molecule has 6 heteroatoms. The summed E-state index contributed by atoms with van der Waals surface area (Å²) >= 11 is 1.32. The Labute approximate surface area is 77.3 Å². The summed E-state index contributed by atoms with van der Waals surface area (Å²) in [6, 6.07) is 1.83. The number of hydrogen-bond acceptors (Lipinski definition) is 4. The molecule has 1 unspecified atom stereocenters. The quantitative estimate of drug-likeness (QED) is 0.674. The molecule has 1 amide bonds. The highest BCUT2D eigenvalue weighted by atomic mass is 32.2. The van der Waals surface area contributed by atoms with Crippen LogP contribution in [0, 0.1) is 11.3 Å². The molecular formula is C6H7N3OS2. The summed E-state index contributed by atoms with van der Waals surface area (Å²) in [5.41, 5.74) is 0.119. The van der Waals surface area contributed by atoms with Crippen LogP contribution in [0.3, 0.4) is 0 Å². The van der Waals surface area contributed by atoms with E-state index < -0.39 is 10.9 Å². The van der Waals surface area contributed by atoms with Crippen molar-refractivity contribution in [1.29, 1.82) is 5.26 Å². The van der Waals surface area contributed by atoms with Crippen molar-refractivity contribution in [2.75, 3.05) is 12.5 Å². The SMILES string of the molecule is CSC1=C(C#N)C(=O)NS(C)=N1. The summed E-state index contributed by atoms with van der Waals surface area (Å²) in [5.74, 6) is -0.317. The van der Waals surface area contributed by atoms with Crippen LogP contribution in [-0.4, -0.2) is 18.4 Å². The predicted octanol–water partition coefficient (Wildman–Crippen LogP) is 0.561. The summed E-state index contributed by atoms with van der Waals surface area (Å²) < 4.78 is 6.69. The van der Waals surface area contributed by atoms with Gasteiger partial charge in [-0.1, -0.05) is 0 Å². The van der Waals surface area contributed by atoms with Crippen molar-refractivity contribution in [3.63, 3.8) is 0 Å². The molecule has 0 radical (unpaired) electrons. The zero-order chi connectivity index (χ0) is 9.14. The molecule has 0 aromatic rings. The van der Waals surface area contributed by atoms with Gasteiger partial charge in [-0.05, 0) is 17.1 Å². The first-order valence-electron chi connectivity index (χ1n) is 3.06. The largest absolute Gasteiger partial charge is 0.287 e. The van der Waals surface area contributed by atoms with E-state index in [0.29, 0.717) is 5.03 Å². The molecule has 1 N–H and O–H groups in total. The zero-order valence-electron chi connectivity index (χ0n) is 6.62. The summed E-state index contributed by atoms with van der Waals surface area (Å²) in [7, 11) is -0.477. The van der Waals surface area contributed by atoms with Gasteiger partial charge < -0.3 is 0 Å².